The third-order valence-electron chi connectivity index (χ3n) is 2.76. The molecule has 0 aliphatic rings. The van der Waals surface area contributed by atoms with E-state index in [1.165, 1.54) is 0 Å². The monoisotopic (exact) mass is 419 g/mol. The SMILES string of the molecule is C=CCNC(=NC)NCc1cccc(OCCCOC)c1.I. The predicted molar refractivity (Wildman–Crippen MR) is 102 cm³/mol. The highest BCUT2D eigenvalue weighted by Gasteiger charge is 1.99. The third kappa shape index (κ3) is 8.89. The van der Waals surface area contributed by atoms with Crippen LogP contribution >= 0.6 is 24.0 Å². The molecule has 124 valence electrons. The molecule has 1 aromatic carbocycles. The minimum atomic E-state index is 0. The Morgan fingerprint density at radius 1 is 1.32 bits per heavy atom. The molecule has 1 rings (SSSR count). The quantitative estimate of drug-likeness (QED) is 0.213. The Kier molecular flexibility index (Phi) is 12.6. The van der Waals surface area contributed by atoms with Gasteiger partial charge in [-0.1, -0.05) is 18.2 Å². The van der Waals surface area contributed by atoms with E-state index < -0.39 is 0 Å². The fourth-order valence-electron chi connectivity index (χ4n) is 1.71. The van der Waals surface area contributed by atoms with E-state index in [4.69, 9.17) is 9.47 Å². The molecule has 0 radical (unpaired) electrons. The van der Waals surface area contributed by atoms with Crippen molar-refractivity contribution in [3.8, 4) is 5.75 Å². The summed E-state index contributed by atoms with van der Waals surface area (Å²) in [5, 5.41) is 6.37. The number of benzene rings is 1. The molecule has 0 atom stereocenters. The van der Waals surface area contributed by atoms with Gasteiger partial charge >= 0.3 is 0 Å². The molecule has 0 unspecified atom stereocenters. The Morgan fingerprint density at radius 2 is 2.14 bits per heavy atom. The number of guanidine groups is 1. The minimum absolute atomic E-state index is 0. The Bertz CT molecular complexity index is 453. The largest absolute Gasteiger partial charge is 0.493 e. The lowest BCUT2D eigenvalue weighted by atomic mass is 10.2. The molecule has 0 heterocycles. The van der Waals surface area contributed by atoms with Crippen LogP contribution in [0.1, 0.15) is 12.0 Å². The van der Waals surface area contributed by atoms with Gasteiger partial charge in [0.2, 0.25) is 0 Å². The molecule has 0 spiro atoms. The zero-order chi connectivity index (χ0) is 15.3. The van der Waals surface area contributed by atoms with Crippen molar-refractivity contribution in [2.24, 2.45) is 4.99 Å². The zero-order valence-electron chi connectivity index (χ0n) is 13.3. The van der Waals surface area contributed by atoms with Crippen LogP contribution in [0.15, 0.2) is 41.9 Å². The number of methoxy groups -OCH3 is 1. The lowest BCUT2D eigenvalue weighted by Gasteiger charge is -2.11. The van der Waals surface area contributed by atoms with Gasteiger partial charge in [-0.3, -0.25) is 4.99 Å². The van der Waals surface area contributed by atoms with Crippen molar-refractivity contribution in [2.45, 2.75) is 13.0 Å². The maximum Gasteiger partial charge on any atom is 0.191 e. The lowest BCUT2D eigenvalue weighted by Crippen LogP contribution is -2.36. The van der Waals surface area contributed by atoms with Gasteiger partial charge in [0.15, 0.2) is 5.96 Å². The maximum atomic E-state index is 5.68. The molecule has 0 amide bonds. The molecule has 0 fully saturated rings. The van der Waals surface area contributed by atoms with E-state index in [-0.39, 0.29) is 24.0 Å². The zero-order valence-corrected chi connectivity index (χ0v) is 15.6. The summed E-state index contributed by atoms with van der Waals surface area (Å²) in [5.41, 5.74) is 1.14. The van der Waals surface area contributed by atoms with Crippen molar-refractivity contribution in [2.75, 3.05) is 33.9 Å². The molecule has 22 heavy (non-hydrogen) atoms. The Labute approximate surface area is 150 Å². The molecular weight excluding hydrogens is 393 g/mol. The molecule has 0 saturated heterocycles. The highest BCUT2D eigenvalue weighted by atomic mass is 127. The van der Waals surface area contributed by atoms with Crippen molar-refractivity contribution < 1.29 is 9.47 Å². The Balaban J connectivity index is 0.00000441. The van der Waals surface area contributed by atoms with Crippen molar-refractivity contribution >= 4 is 29.9 Å². The number of nitrogens with zero attached hydrogens (tertiary/aromatic N) is 1. The van der Waals surface area contributed by atoms with Crippen LogP contribution in [0.2, 0.25) is 0 Å². The van der Waals surface area contributed by atoms with Gasteiger partial charge in [-0.05, 0) is 17.7 Å². The average Bonchev–Trinajstić information content (AvgIpc) is 2.52. The molecule has 1 aromatic rings. The number of hydrogen-bond acceptors (Lipinski definition) is 3. The first-order chi connectivity index (χ1) is 10.3. The molecule has 0 aliphatic heterocycles. The van der Waals surface area contributed by atoms with Gasteiger partial charge in [0.1, 0.15) is 5.75 Å². The van der Waals surface area contributed by atoms with Crippen molar-refractivity contribution in [1.82, 2.24) is 10.6 Å². The summed E-state index contributed by atoms with van der Waals surface area (Å²) in [6.45, 7) is 6.41. The van der Waals surface area contributed by atoms with Gasteiger partial charge in [0.05, 0.1) is 6.61 Å². The first-order valence-corrected chi connectivity index (χ1v) is 7.06. The fraction of sp³-hybridized carbons (Fsp3) is 0.438. The van der Waals surface area contributed by atoms with Gasteiger partial charge in [-0.25, -0.2) is 0 Å². The number of halogens is 1. The molecule has 0 aromatic heterocycles. The van der Waals surface area contributed by atoms with Crippen LogP contribution in [0.4, 0.5) is 0 Å². The van der Waals surface area contributed by atoms with Crippen LogP contribution in [0.5, 0.6) is 5.75 Å². The Hall–Kier alpha value is -1.28. The van der Waals surface area contributed by atoms with Crippen LogP contribution in [0.3, 0.4) is 0 Å². The highest BCUT2D eigenvalue weighted by molar-refractivity contribution is 14.0. The second-order valence-corrected chi connectivity index (χ2v) is 4.44. The van der Waals surface area contributed by atoms with Crippen LogP contribution in [-0.2, 0) is 11.3 Å². The van der Waals surface area contributed by atoms with E-state index in [9.17, 15) is 0 Å². The number of aliphatic imine (C=N–C) groups is 1. The smallest absolute Gasteiger partial charge is 0.191 e. The molecule has 2 N–H and O–H groups in total. The molecular formula is C16H26IN3O2. The van der Waals surface area contributed by atoms with E-state index >= 15 is 0 Å². The first kappa shape index (κ1) is 20.7. The van der Waals surface area contributed by atoms with Crippen LogP contribution < -0.4 is 15.4 Å². The highest BCUT2D eigenvalue weighted by Crippen LogP contribution is 2.13. The predicted octanol–water partition coefficient (Wildman–Crippen LogP) is 2.57. The molecule has 0 bridgehead atoms. The molecule has 0 saturated carbocycles. The number of ether oxygens (including phenoxy) is 2. The van der Waals surface area contributed by atoms with E-state index in [2.05, 4.69) is 28.3 Å². The van der Waals surface area contributed by atoms with E-state index in [0.29, 0.717) is 26.3 Å². The standard InChI is InChI=1S/C16H25N3O2.HI/c1-4-9-18-16(17-2)19-13-14-7-5-8-15(12-14)21-11-6-10-20-3;/h4-5,7-8,12H,1,6,9-11,13H2,2-3H3,(H2,17,18,19);1H. The van der Waals surface area contributed by atoms with Crippen molar-refractivity contribution in [1.29, 1.82) is 0 Å². The number of hydrogen-bond donors (Lipinski definition) is 2. The molecule has 0 aliphatic carbocycles. The van der Waals surface area contributed by atoms with E-state index in [0.717, 1.165) is 23.7 Å². The second-order valence-electron chi connectivity index (χ2n) is 4.44. The molecule has 6 heteroatoms. The number of rotatable bonds is 9. The van der Waals surface area contributed by atoms with Gasteiger partial charge in [0.25, 0.3) is 0 Å². The topological polar surface area (TPSA) is 54.9 Å². The normalized spacial score (nSPS) is 10.5. The van der Waals surface area contributed by atoms with Gasteiger partial charge < -0.3 is 20.1 Å². The average molecular weight is 419 g/mol. The fourth-order valence-corrected chi connectivity index (χ4v) is 1.71. The first-order valence-electron chi connectivity index (χ1n) is 7.06. The van der Waals surface area contributed by atoms with Gasteiger partial charge in [0, 0.05) is 40.3 Å². The second kappa shape index (κ2) is 13.4. The minimum Gasteiger partial charge on any atom is -0.493 e. The van der Waals surface area contributed by atoms with Crippen LogP contribution in [0, 0.1) is 0 Å². The van der Waals surface area contributed by atoms with Crippen molar-refractivity contribution in [3.05, 3.63) is 42.5 Å². The summed E-state index contributed by atoms with van der Waals surface area (Å²) < 4.78 is 10.7. The molecule has 5 nitrogen and oxygen atoms in total. The summed E-state index contributed by atoms with van der Waals surface area (Å²) in [5.74, 6) is 1.63. The lowest BCUT2D eigenvalue weighted by molar-refractivity contribution is 0.172. The van der Waals surface area contributed by atoms with E-state index in [1.807, 2.05) is 18.2 Å². The summed E-state index contributed by atoms with van der Waals surface area (Å²) in [7, 11) is 3.44. The number of nitrogens with one attached hydrogen (secondary N) is 2. The summed E-state index contributed by atoms with van der Waals surface area (Å²) >= 11 is 0. The van der Waals surface area contributed by atoms with Crippen molar-refractivity contribution in [3.63, 3.8) is 0 Å². The summed E-state index contributed by atoms with van der Waals surface area (Å²) in [4.78, 5) is 4.13. The van der Waals surface area contributed by atoms with Gasteiger partial charge in [-0.2, -0.15) is 0 Å². The third-order valence-corrected chi connectivity index (χ3v) is 2.76. The van der Waals surface area contributed by atoms with Crippen LogP contribution in [-0.4, -0.2) is 39.9 Å². The van der Waals surface area contributed by atoms with Crippen LogP contribution in [0.25, 0.3) is 0 Å². The van der Waals surface area contributed by atoms with Gasteiger partial charge in [-0.15, -0.1) is 30.6 Å². The summed E-state index contributed by atoms with van der Waals surface area (Å²) in [6.07, 6.45) is 2.68. The maximum absolute atomic E-state index is 5.68. The Morgan fingerprint density at radius 3 is 2.82 bits per heavy atom. The summed E-state index contributed by atoms with van der Waals surface area (Å²) in [6, 6.07) is 8.03. The van der Waals surface area contributed by atoms with E-state index in [1.54, 1.807) is 20.2 Å².